The maximum Gasteiger partial charge on any atom is 0.573 e. The van der Waals surface area contributed by atoms with E-state index in [2.05, 4.69) is 35.9 Å². The first-order valence-electron chi connectivity index (χ1n) is 11.3. The van der Waals surface area contributed by atoms with Gasteiger partial charge in [0.2, 0.25) is 0 Å². The van der Waals surface area contributed by atoms with Crippen molar-refractivity contribution in [1.82, 2.24) is 9.88 Å². The number of aromatic nitrogens is 1. The van der Waals surface area contributed by atoms with E-state index in [0.717, 1.165) is 35.5 Å². The standard InChI is InChI=1S/C26H23BrF3N3O2/c27-18-6-9-21-22(15-18)32-25(10-13-33(14-11-25)16-19-3-1-2-12-31-19)23(24(21)34)17-4-7-20(8-5-17)35-26(28,29)30/h1-9,12,15,23,32H,10-11,13-14,16H2. The Labute approximate surface area is 209 Å². The van der Waals surface area contributed by atoms with Crippen LogP contribution in [0.3, 0.4) is 0 Å². The summed E-state index contributed by atoms with van der Waals surface area (Å²) in [7, 11) is 0. The smallest absolute Gasteiger partial charge is 0.406 e. The number of rotatable bonds is 4. The van der Waals surface area contributed by atoms with Gasteiger partial charge in [-0.25, -0.2) is 0 Å². The van der Waals surface area contributed by atoms with Gasteiger partial charge in [-0.05, 0) is 60.9 Å². The Bertz CT molecular complexity index is 1210. The lowest BCUT2D eigenvalue weighted by molar-refractivity contribution is -0.274. The quantitative estimate of drug-likeness (QED) is 0.425. The van der Waals surface area contributed by atoms with Crippen molar-refractivity contribution in [1.29, 1.82) is 0 Å². The van der Waals surface area contributed by atoms with Crippen molar-refractivity contribution in [2.75, 3.05) is 18.4 Å². The molecule has 2 aromatic carbocycles. The zero-order chi connectivity index (χ0) is 24.6. The van der Waals surface area contributed by atoms with Gasteiger partial charge in [-0.15, -0.1) is 13.2 Å². The number of fused-ring (bicyclic) bond motifs is 1. The number of anilines is 1. The molecular formula is C26H23BrF3N3O2. The van der Waals surface area contributed by atoms with Crippen molar-refractivity contribution in [3.8, 4) is 5.75 Å². The maximum absolute atomic E-state index is 13.8. The number of carbonyl (C=O) groups excluding carboxylic acids is 1. The van der Waals surface area contributed by atoms with Crippen molar-refractivity contribution in [2.45, 2.75) is 37.2 Å². The van der Waals surface area contributed by atoms with Gasteiger partial charge in [0.15, 0.2) is 5.78 Å². The van der Waals surface area contributed by atoms with E-state index < -0.39 is 17.8 Å². The summed E-state index contributed by atoms with van der Waals surface area (Å²) in [5, 5.41) is 3.67. The minimum absolute atomic E-state index is 0.0334. The van der Waals surface area contributed by atoms with Crippen molar-refractivity contribution in [2.24, 2.45) is 0 Å². The molecule has 1 saturated heterocycles. The van der Waals surface area contributed by atoms with E-state index in [9.17, 15) is 18.0 Å². The van der Waals surface area contributed by atoms with Gasteiger partial charge in [0.25, 0.3) is 0 Å². The number of ketones is 1. The number of halogens is 4. The first-order chi connectivity index (χ1) is 16.7. The van der Waals surface area contributed by atoms with Crippen LogP contribution in [0, 0.1) is 0 Å². The average Bonchev–Trinajstić information content (AvgIpc) is 2.81. The predicted molar refractivity (Wildman–Crippen MR) is 129 cm³/mol. The van der Waals surface area contributed by atoms with E-state index >= 15 is 0 Å². The van der Waals surface area contributed by atoms with Crippen LogP contribution >= 0.6 is 15.9 Å². The molecule has 35 heavy (non-hydrogen) atoms. The number of nitrogens with zero attached hydrogens (tertiary/aromatic N) is 2. The van der Waals surface area contributed by atoms with Gasteiger partial charge in [-0.3, -0.25) is 14.7 Å². The first kappa shape index (κ1) is 23.8. The number of hydrogen-bond donors (Lipinski definition) is 1. The van der Waals surface area contributed by atoms with E-state index in [1.54, 1.807) is 24.4 Å². The number of ether oxygens (including phenoxy) is 1. The highest BCUT2D eigenvalue weighted by Crippen LogP contribution is 2.47. The molecule has 9 heteroatoms. The largest absolute Gasteiger partial charge is 0.573 e. The van der Waals surface area contributed by atoms with Crippen LogP contribution in [0.2, 0.25) is 0 Å². The highest BCUT2D eigenvalue weighted by Gasteiger charge is 2.49. The molecule has 1 N–H and O–H groups in total. The monoisotopic (exact) mass is 545 g/mol. The molecule has 3 aromatic rings. The fourth-order valence-electron chi connectivity index (χ4n) is 5.16. The van der Waals surface area contributed by atoms with Crippen molar-refractivity contribution < 1.29 is 22.7 Å². The lowest BCUT2D eigenvalue weighted by Gasteiger charge is -2.50. The zero-order valence-corrected chi connectivity index (χ0v) is 20.3. The summed E-state index contributed by atoms with van der Waals surface area (Å²) in [5.74, 6) is -0.872. The van der Waals surface area contributed by atoms with Crippen LogP contribution in [0.4, 0.5) is 18.9 Å². The second kappa shape index (κ2) is 9.28. The summed E-state index contributed by atoms with van der Waals surface area (Å²) in [4.78, 5) is 20.5. The first-order valence-corrected chi connectivity index (χ1v) is 12.1. The number of Topliss-reactive ketones (excluding diaryl/α,β-unsaturated/α-hetero) is 1. The third kappa shape index (κ3) is 5.06. The fourth-order valence-corrected chi connectivity index (χ4v) is 5.52. The lowest BCUT2D eigenvalue weighted by atomic mass is 9.67. The van der Waals surface area contributed by atoms with Gasteiger partial charge >= 0.3 is 6.36 Å². The number of pyridine rings is 1. The van der Waals surface area contributed by atoms with Crippen LogP contribution < -0.4 is 10.1 Å². The molecule has 1 unspecified atom stereocenters. The molecule has 1 fully saturated rings. The number of nitrogens with one attached hydrogen (secondary N) is 1. The third-order valence-corrected chi connectivity index (χ3v) is 7.25. The number of piperidine rings is 1. The van der Waals surface area contributed by atoms with E-state index in [0.29, 0.717) is 24.0 Å². The van der Waals surface area contributed by atoms with Crippen LogP contribution in [-0.4, -0.2) is 40.7 Å². The number of alkyl halides is 3. The molecule has 0 amide bonds. The van der Waals surface area contributed by atoms with Gasteiger partial charge in [0.1, 0.15) is 5.75 Å². The maximum atomic E-state index is 13.8. The van der Waals surface area contributed by atoms with Gasteiger partial charge in [-0.1, -0.05) is 34.1 Å². The Kier molecular flexibility index (Phi) is 6.31. The molecule has 0 radical (unpaired) electrons. The Morgan fingerprint density at radius 2 is 1.83 bits per heavy atom. The van der Waals surface area contributed by atoms with Gasteiger partial charge in [0, 0.05) is 41.6 Å². The number of benzene rings is 2. The van der Waals surface area contributed by atoms with Crippen molar-refractivity contribution >= 4 is 27.4 Å². The average molecular weight is 546 g/mol. The second-order valence-corrected chi connectivity index (χ2v) is 9.90. The summed E-state index contributed by atoms with van der Waals surface area (Å²) < 4.78 is 42.8. The Balaban J connectivity index is 1.45. The van der Waals surface area contributed by atoms with Crippen molar-refractivity contribution in [3.63, 3.8) is 0 Å². The molecule has 0 bridgehead atoms. The second-order valence-electron chi connectivity index (χ2n) is 8.98. The summed E-state index contributed by atoms with van der Waals surface area (Å²) in [6, 6.07) is 17.0. The van der Waals surface area contributed by atoms with Crippen LogP contribution in [0.5, 0.6) is 5.75 Å². The van der Waals surface area contributed by atoms with Gasteiger partial charge in [-0.2, -0.15) is 0 Å². The third-order valence-electron chi connectivity index (χ3n) is 6.75. The Hall–Kier alpha value is -2.91. The molecule has 1 atom stereocenters. The normalized spacial score (nSPS) is 19.8. The summed E-state index contributed by atoms with van der Waals surface area (Å²) >= 11 is 3.49. The molecule has 5 nitrogen and oxygen atoms in total. The Morgan fingerprint density at radius 1 is 1.09 bits per heavy atom. The molecule has 2 aliphatic rings. The minimum atomic E-state index is -4.77. The topological polar surface area (TPSA) is 54.5 Å². The molecule has 3 heterocycles. The molecule has 0 saturated carbocycles. The number of likely N-dealkylation sites (tertiary alicyclic amines) is 1. The molecule has 182 valence electrons. The zero-order valence-electron chi connectivity index (χ0n) is 18.7. The highest BCUT2D eigenvalue weighted by atomic mass is 79.9. The predicted octanol–water partition coefficient (Wildman–Crippen LogP) is 6.17. The Morgan fingerprint density at radius 3 is 2.49 bits per heavy atom. The number of carbonyl (C=O) groups is 1. The number of hydrogen-bond acceptors (Lipinski definition) is 5. The van der Waals surface area contributed by atoms with Crippen LogP contribution in [-0.2, 0) is 6.54 Å². The van der Waals surface area contributed by atoms with Crippen molar-refractivity contribution in [3.05, 3.63) is 88.2 Å². The molecular weight excluding hydrogens is 523 g/mol. The SMILES string of the molecule is O=C1c2ccc(Br)cc2NC2(CCN(Cc3ccccn3)CC2)C1c1ccc(OC(F)(F)F)cc1. The van der Waals surface area contributed by atoms with Crippen LogP contribution in [0.25, 0.3) is 0 Å². The summed E-state index contributed by atoms with van der Waals surface area (Å²) in [6.07, 6.45) is -1.59. The molecule has 0 aliphatic carbocycles. The summed E-state index contributed by atoms with van der Waals surface area (Å²) in [6.45, 7) is 2.24. The van der Waals surface area contributed by atoms with E-state index in [-0.39, 0.29) is 11.5 Å². The van der Waals surface area contributed by atoms with E-state index in [1.807, 2.05) is 30.3 Å². The molecule has 1 aromatic heterocycles. The van der Waals surface area contributed by atoms with Crippen LogP contribution in [0.1, 0.15) is 40.4 Å². The minimum Gasteiger partial charge on any atom is -0.406 e. The van der Waals surface area contributed by atoms with Crippen LogP contribution in [0.15, 0.2) is 71.3 Å². The van der Waals surface area contributed by atoms with Gasteiger partial charge in [0.05, 0.1) is 17.2 Å². The fraction of sp³-hybridized carbons (Fsp3) is 0.308. The summed E-state index contributed by atoms with van der Waals surface area (Å²) in [5.41, 5.74) is 2.45. The highest BCUT2D eigenvalue weighted by molar-refractivity contribution is 9.10. The molecule has 1 spiro atoms. The van der Waals surface area contributed by atoms with E-state index in [1.165, 1.54) is 12.1 Å². The molecule has 5 rings (SSSR count). The van der Waals surface area contributed by atoms with Gasteiger partial charge < -0.3 is 10.1 Å². The van der Waals surface area contributed by atoms with E-state index in [4.69, 9.17) is 0 Å². The lowest BCUT2D eigenvalue weighted by Crippen LogP contribution is -2.56. The molecule has 2 aliphatic heterocycles.